The van der Waals surface area contributed by atoms with Gasteiger partial charge in [-0.05, 0) is 61.1 Å². The van der Waals surface area contributed by atoms with Crippen LogP contribution >= 0.6 is 12.2 Å². The quantitative estimate of drug-likeness (QED) is 0.812. The maximum atomic E-state index is 5.46. The predicted molar refractivity (Wildman–Crippen MR) is 98.3 cm³/mol. The number of nitrogens with one attached hydrogen (secondary N) is 1. The fourth-order valence-electron chi connectivity index (χ4n) is 2.14. The topological polar surface area (TPSA) is 33.7 Å². The van der Waals surface area contributed by atoms with Crippen molar-refractivity contribution in [3.05, 3.63) is 54.1 Å². The van der Waals surface area contributed by atoms with Gasteiger partial charge < -0.3 is 19.7 Å². The zero-order chi connectivity index (χ0) is 16.7. The van der Waals surface area contributed by atoms with E-state index in [0.717, 1.165) is 22.7 Å². The third-order valence-corrected chi connectivity index (χ3v) is 3.73. The van der Waals surface area contributed by atoms with Crippen LogP contribution in [0.4, 0.5) is 5.69 Å². The third kappa shape index (κ3) is 5.14. The number of benzene rings is 2. The molecule has 0 bridgehead atoms. The molecule has 1 N–H and O–H groups in total. The molecule has 0 atom stereocenters. The average molecular weight is 330 g/mol. The van der Waals surface area contributed by atoms with E-state index in [1.54, 1.807) is 7.11 Å². The highest BCUT2D eigenvalue weighted by Gasteiger charge is 2.06. The van der Waals surface area contributed by atoms with E-state index in [0.29, 0.717) is 18.3 Å². The van der Waals surface area contributed by atoms with Crippen molar-refractivity contribution in [3.63, 3.8) is 0 Å². The highest BCUT2D eigenvalue weighted by molar-refractivity contribution is 7.80. The van der Waals surface area contributed by atoms with E-state index in [4.69, 9.17) is 21.7 Å². The summed E-state index contributed by atoms with van der Waals surface area (Å²) in [6, 6.07) is 15.7. The summed E-state index contributed by atoms with van der Waals surface area (Å²) >= 11 is 5.46. The van der Waals surface area contributed by atoms with Crippen molar-refractivity contribution in [1.82, 2.24) is 4.90 Å². The molecular formula is C18H22N2O2S. The highest BCUT2D eigenvalue weighted by atomic mass is 32.1. The lowest BCUT2D eigenvalue weighted by atomic mass is 10.2. The molecule has 0 heterocycles. The van der Waals surface area contributed by atoms with Crippen LogP contribution in [0, 0.1) is 0 Å². The predicted octanol–water partition coefficient (Wildman–Crippen LogP) is 3.92. The molecule has 2 rings (SSSR count). The van der Waals surface area contributed by atoms with Crippen molar-refractivity contribution in [3.8, 4) is 11.5 Å². The highest BCUT2D eigenvalue weighted by Crippen LogP contribution is 2.17. The van der Waals surface area contributed by atoms with Crippen LogP contribution in [0.25, 0.3) is 0 Å². The monoisotopic (exact) mass is 330 g/mol. The number of methoxy groups -OCH3 is 1. The first-order valence-corrected chi connectivity index (χ1v) is 7.91. The first-order valence-electron chi connectivity index (χ1n) is 7.50. The molecule has 23 heavy (non-hydrogen) atoms. The molecule has 5 heteroatoms. The van der Waals surface area contributed by atoms with Gasteiger partial charge in [-0.25, -0.2) is 0 Å². The summed E-state index contributed by atoms with van der Waals surface area (Å²) in [5.74, 6) is 1.70. The van der Waals surface area contributed by atoms with Crippen molar-refractivity contribution in [2.75, 3.05) is 26.1 Å². The number of ether oxygens (including phenoxy) is 2. The van der Waals surface area contributed by atoms with Crippen LogP contribution in [0.2, 0.25) is 0 Å². The summed E-state index contributed by atoms with van der Waals surface area (Å²) in [4.78, 5) is 1.99. The number of hydrogen-bond donors (Lipinski definition) is 1. The van der Waals surface area contributed by atoms with Crippen molar-refractivity contribution >= 4 is 23.0 Å². The van der Waals surface area contributed by atoms with E-state index >= 15 is 0 Å². The van der Waals surface area contributed by atoms with Crippen molar-refractivity contribution < 1.29 is 9.47 Å². The smallest absolute Gasteiger partial charge is 0.173 e. The lowest BCUT2D eigenvalue weighted by molar-refractivity contribution is 0.340. The van der Waals surface area contributed by atoms with E-state index in [2.05, 4.69) is 11.4 Å². The minimum absolute atomic E-state index is 0.661. The summed E-state index contributed by atoms with van der Waals surface area (Å²) in [5, 5.41) is 3.89. The van der Waals surface area contributed by atoms with Gasteiger partial charge in [-0.2, -0.15) is 0 Å². The van der Waals surface area contributed by atoms with Gasteiger partial charge >= 0.3 is 0 Å². The van der Waals surface area contributed by atoms with Gasteiger partial charge in [-0.15, -0.1) is 0 Å². The maximum absolute atomic E-state index is 5.46. The number of rotatable bonds is 6. The van der Waals surface area contributed by atoms with Crippen LogP contribution in [0.1, 0.15) is 12.5 Å². The van der Waals surface area contributed by atoms with Gasteiger partial charge in [-0.3, -0.25) is 0 Å². The molecule has 122 valence electrons. The van der Waals surface area contributed by atoms with Crippen LogP contribution in [-0.4, -0.2) is 30.8 Å². The fourth-order valence-corrected chi connectivity index (χ4v) is 2.32. The summed E-state index contributed by atoms with van der Waals surface area (Å²) < 4.78 is 10.7. The minimum Gasteiger partial charge on any atom is -0.497 e. The Kier molecular flexibility index (Phi) is 6.23. The van der Waals surface area contributed by atoms with E-state index in [-0.39, 0.29) is 0 Å². The van der Waals surface area contributed by atoms with Gasteiger partial charge in [0.05, 0.1) is 13.7 Å². The Hall–Kier alpha value is -2.27. The van der Waals surface area contributed by atoms with Crippen LogP contribution in [-0.2, 0) is 6.54 Å². The molecule has 0 aliphatic heterocycles. The minimum atomic E-state index is 0.661. The largest absolute Gasteiger partial charge is 0.497 e. The number of nitrogens with zero attached hydrogens (tertiary/aromatic N) is 1. The van der Waals surface area contributed by atoms with Crippen LogP contribution < -0.4 is 14.8 Å². The van der Waals surface area contributed by atoms with Crippen LogP contribution in [0.3, 0.4) is 0 Å². The SMILES string of the molecule is CCOc1ccc(NC(=S)N(C)Cc2cccc(OC)c2)cc1. The Morgan fingerprint density at radius 2 is 1.87 bits per heavy atom. The molecule has 0 saturated carbocycles. The molecule has 2 aromatic rings. The Morgan fingerprint density at radius 3 is 2.52 bits per heavy atom. The number of thiocarbonyl (C=S) groups is 1. The summed E-state index contributed by atoms with van der Waals surface area (Å²) in [5.41, 5.74) is 2.08. The molecule has 0 amide bonds. The molecule has 0 spiro atoms. The van der Waals surface area contributed by atoms with Gasteiger partial charge in [0.2, 0.25) is 0 Å². The Bertz CT molecular complexity index is 644. The average Bonchev–Trinajstić information content (AvgIpc) is 2.57. The first-order chi connectivity index (χ1) is 11.1. The second kappa shape index (κ2) is 8.39. The lowest BCUT2D eigenvalue weighted by Crippen LogP contribution is -2.30. The van der Waals surface area contributed by atoms with Crippen LogP contribution in [0.15, 0.2) is 48.5 Å². The molecule has 0 aromatic heterocycles. The zero-order valence-electron chi connectivity index (χ0n) is 13.7. The summed E-state index contributed by atoms with van der Waals surface area (Å²) in [7, 11) is 3.63. The van der Waals surface area contributed by atoms with Gasteiger partial charge in [0.15, 0.2) is 5.11 Å². The molecule has 0 aliphatic carbocycles. The van der Waals surface area contributed by atoms with Gasteiger partial charge in [-0.1, -0.05) is 12.1 Å². The second-order valence-corrected chi connectivity index (χ2v) is 5.48. The number of hydrogen-bond acceptors (Lipinski definition) is 3. The Labute approximate surface area is 143 Å². The molecule has 0 unspecified atom stereocenters. The summed E-state index contributed by atoms with van der Waals surface area (Å²) in [6.07, 6.45) is 0. The van der Waals surface area contributed by atoms with Crippen molar-refractivity contribution in [2.24, 2.45) is 0 Å². The van der Waals surface area contributed by atoms with Gasteiger partial charge in [0.1, 0.15) is 11.5 Å². The third-order valence-electron chi connectivity index (χ3n) is 3.32. The maximum Gasteiger partial charge on any atom is 0.173 e. The first kappa shape index (κ1) is 17.1. The molecule has 0 radical (unpaired) electrons. The number of anilines is 1. The van der Waals surface area contributed by atoms with E-state index in [1.807, 2.05) is 61.3 Å². The molecular weight excluding hydrogens is 308 g/mol. The molecule has 0 saturated heterocycles. The molecule has 0 aliphatic rings. The second-order valence-electron chi connectivity index (χ2n) is 5.10. The fraction of sp³-hybridized carbons (Fsp3) is 0.278. The van der Waals surface area contributed by atoms with E-state index in [9.17, 15) is 0 Å². The van der Waals surface area contributed by atoms with E-state index < -0.39 is 0 Å². The Balaban J connectivity index is 1.93. The summed E-state index contributed by atoms with van der Waals surface area (Å²) in [6.45, 7) is 3.34. The van der Waals surface area contributed by atoms with Gasteiger partial charge in [0.25, 0.3) is 0 Å². The van der Waals surface area contributed by atoms with Crippen molar-refractivity contribution in [1.29, 1.82) is 0 Å². The van der Waals surface area contributed by atoms with Gasteiger partial charge in [0, 0.05) is 19.3 Å². The van der Waals surface area contributed by atoms with E-state index in [1.165, 1.54) is 0 Å². The normalized spacial score (nSPS) is 10.0. The molecule has 0 fully saturated rings. The molecule has 2 aromatic carbocycles. The van der Waals surface area contributed by atoms with Crippen LogP contribution in [0.5, 0.6) is 11.5 Å². The standard InChI is InChI=1S/C18H22N2O2S/c1-4-22-16-10-8-15(9-11-16)19-18(23)20(2)13-14-6-5-7-17(12-14)21-3/h5-12H,4,13H2,1-3H3,(H,19,23). The lowest BCUT2D eigenvalue weighted by Gasteiger charge is -2.21. The Morgan fingerprint density at radius 1 is 1.13 bits per heavy atom. The van der Waals surface area contributed by atoms with Crippen molar-refractivity contribution in [2.45, 2.75) is 13.5 Å². The zero-order valence-corrected chi connectivity index (χ0v) is 14.5. The molecule has 4 nitrogen and oxygen atoms in total.